The first-order chi connectivity index (χ1) is 15.8. The van der Waals surface area contributed by atoms with Crippen molar-refractivity contribution in [3.8, 4) is 17.2 Å². The maximum Gasteiger partial charge on any atom is 0.294 e. The van der Waals surface area contributed by atoms with Crippen LogP contribution < -0.4 is 10.3 Å². The van der Waals surface area contributed by atoms with Gasteiger partial charge in [-0.2, -0.15) is 0 Å². The number of halogens is 3. The van der Waals surface area contributed by atoms with Gasteiger partial charge in [-0.15, -0.1) is 0 Å². The lowest BCUT2D eigenvalue weighted by molar-refractivity contribution is 0.243. The van der Waals surface area contributed by atoms with Crippen LogP contribution in [0.2, 0.25) is 5.02 Å². The second-order valence-corrected chi connectivity index (χ2v) is 8.01. The number of aliphatic hydroxyl groups excluding tert-OH is 1. The molecule has 0 unspecified atom stereocenters. The molecule has 0 aliphatic rings. The molecule has 1 atom stereocenters. The molecule has 4 rings (SSSR count). The topological polar surface area (TPSA) is 69.3 Å². The average molecular weight is 472 g/mol. The van der Waals surface area contributed by atoms with Gasteiger partial charge in [-0.25, -0.2) is 13.8 Å². The number of aryl methyl sites for hydroxylation is 2. The highest BCUT2D eigenvalue weighted by atomic mass is 35.5. The summed E-state index contributed by atoms with van der Waals surface area (Å²) in [7, 11) is 0. The molecule has 6 nitrogen and oxygen atoms in total. The van der Waals surface area contributed by atoms with E-state index in [0.29, 0.717) is 11.8 Å². The van der Waals surface area contributed by atoms with Gasteiger partial charge in [0.05, 0.1) is 29.7 Å². The Morgan fingerprint density at radius 3 is 2.55 bits per heavy atom. The fourth-order valence-corrected chi connectivity index (χ4v) is 3.82. The Bertz CT molecular complexity index is 1380. The van der Waals surface area contributed by atoms with E-state index in [9.17, 15) is 18.7 Å². The molecule has 0 fully saturated rings. The number of hydrogen-bond donors (Lipinski definition) is 1. The molecule has 170 valence electrons. The maximum absolute atomic E-state index is 14.3. The predicted octanol–water partition coefficient (Wildman–Crippen LogP) is 4.96. The molecule has 0 radical (unpaired) electrons. The number of aromatic nitrogens is 3. The van der Waals surface area contributed by atoms with E-state index >= 15 is 0 Å². The number of rotatable bonds is 6. The van der Waals surface area contributed by atoms with Crippen LogP contribution >= 0.6 is 11.6 Å². The summed E-state index contributed by atoms with van der Waals surface area (Å²) in [6.07, 6.45) is 4.87. The fourth-order valence-electron chi connectivity index (χ4n) is 3.62. The monoisotopic (exact) mass is 471 g/mol. The first-order valence-corrected chi connectivity index (χ1v) is 10.4. The zero-order valence-electron chi connectivity index (χ0n) is 17.8. The normalized spacial score (nSPS) is 12.1. The molecule has 2 aromatic heterocycles. The molecular formula is C24H20ClF2N3O3. The van der Waals surface area contributed by atoms with E-state index in [0.717, 1.165) is 27.6 Å². The fraction of sp³-hybridized carbons (Fsp3) is 0.167. The van der Waals surface area contributed by atoms with Gasteiger partial charge in [-0.3, -0.25) is 4.79 Å². The average Bonchev–Trinajstić information content (AvgIpc) is 3.19. The molecule has 0 aliphatic carbocycles. The number of hydrogen-bond acceptors (Lipinski definition) is 4. The Hall–Kier alpha value is -3.49. The molecule has 0 saturated heterocycles. The lowest BCUT2D eigenvalue weighted by Crippen LogP contribution is -2.28. The number of benzene rings is 2. The van der Waals surface area contributed by atoms with Crippen molar-refractivity contribution >= 4 is 11.6 Å². The third-order valence-electron chi connectivity index (χ3n) is 5.19. The first-order valence-electron chi connectivity index (χ1n) is 10.0. The van der Waals surface area contributed by atoms with E-state index in [-0.39, 0.29) is 16.3 Å². The van der Waals surface area contributed by atoms with E-state index in [4.69, 9.17) is 16.3 Å². The van der Waals surface area contributed by atoms with Crippen LogP contribution in [0, 0.1) is 25.5 Å². The molecule has 33 heavy (non-hydrogen) atoms. The molecule has 0 aliphatic heterocycles. The van der Waals surface area contributed by atoms with Gasteiger partial charge in [-0.1, -0.05) is 17.7 Å². The lowest BCUT2D eigenvalue weighted by Gasteiger charge is -2.20. The summed E-state index contributed by atoms with van der Waals surface area (Å²) in [6.45, 7) is 3.18. The summed E-state index contributed by atoms with van der Waals surface area (Å²) in [5, 5.41) is 10.0. The number of nitrogens with zero attached hydrogens (tertiary/aromatic N) is 3. The molecule has 9 heteroatoms. The van der Waals surface area contributed by atoms with Crippen molar-refractivity contribution in [2.75, 3.05) is 6.61 Å². The van der Waals surface area contributed by atoms with E-state index in [2.05, 4.69) is 4.98 Å². The van der Waals surface area contributed by atoms with Gasteiger partial charge in [0, 0.05) is 35.8 Å². The van der Waals surface area contributed by atoms with Crippen LogP contribution in [0.3, 0.4) is 0 Å². The van der Waals surface area contributed by atoms with Crippen LogP contribution in [-0.4, -0.2) is 25.8 Å². The summed E-state index contributed by atoms with van der Waals surface area (Å²) in [4.78, 5) is 17.3. The summed E-state index contributed by atoms with van der Waals surface area (Å²) in [5.41, 5.74) is 1.98. The molecule has 1 N–H and O–H groups in total. The van der Waals surface area contributed by atoms with Gasteiger partial charge in [0.15, 0.2) is 5.75 Å². The van der Waals surface area contributed by atoms with E-state index < -0.39 is 29.8 Å². The van der Waals surface area contributed by atoms with Crippen LogP contribution in [0.1, 0.15) is 22.9 Å². The van der Waals surface area contributed by atoms with Gasteiger partial charge in [0.2, 0.25) is 0 Å². The molecular weight excluding hydrogens is 452 g/mol. The van der Waals surface area contributed by atoms with E-state index in [1.54, 1.807) is 18.5 Å². The zero-order valence-corrected chi connectivity index (χ0v) is 18.6. The minimum Gasteiger partial charge on any atom is -0.451 e. The maximum atomic E-state index is 14.3. The van der Waals surface area contributed by atoms with Crippen molar-refractivity contribution in [1.29, 1.82) is 0 Å². The second kappa shape index (κ2) is 9.17. The highest BCUT2D eigenvalue weighted by molar-refractivity contribution is 6.30. The zero-order chi connectivity index (χ0) is 23.7. The summed E-state index contributed by atoms with van der Waals surface area (Å²) in [5.74, 6) is -1.36. The summed E-state index contributed by atoms with van der Waals surface area (Å²) >= 11 is 6.20. The molecule has 0 bridgehead atoms. The van der Waals surface area contributed by atoms with Crippen LogP contribution in [0.15, 0.2) is 66.0 Å². The van der Waals surface area contributed by atoms with Gasteiger partial charge in [0.25, 0.3) is 5.56 Å². The molecule has 2 heterocycles. The molecule has 0 amide bonds. The van der Waals surface area contributed by atoms with Crippen molar-refractivity contribution in [2.24, 2.45) is 0 Å². The van der Waals surface area contributed by atoms with Crippen molar-refractivity contribution in [3.05, 3.63) is 105 Å². The van der Waals surface area contributed by atoms with E-state index in [1.807, 2.05) is 30.7 Å². The van der Waals surface area contributed by atoms with Gasteiger partial charge in [-0.05, 0) is 43.7 Å². The highest BCUT2D eigenvalue weighted by Crippen LogP contribution is 2.27. The summed E-state index contributed by atoms with van der Waals surface area (Å²) < 4.78 is 36.4. The van der Waals surface area contributed by atoms with Crippen LogP contribution in [-0.2, 0) is 0 Å². The van der Waals surface area contributed by atoms with Gasteiger partial charge < -0.3 is 19.0 Å². The smallest absolute Gasteiger partial charge is 0.294 e. The molecule has 4 aromatic rings. The molecule has 0 saturated carbocycles. The molecule has 2 aromatic carbocycles. The third kappa shape index (κ3) is 4.67. The SMILES string of the molecule is Cc1cn(-c2ccc(Oc3cc(Cl)cn([C@@H](CO)c4ccc(F)cc4F)c3=O)cc2C)cn1. The Kier molecular flexibility index (Phi) is 6.31. The Morgan fingerprint density at radius 1 is 1.12 bits per heavy atom. The third-order valence-corrected chi connectivity index (χ3v) is 5.40. The standard InChI is InChI=1S/C24H20ClF2N3O3/c1-14-7-18(4-6-21(14)29-10-15(2)28-13-29)33-23-8-16(25)11-30(24(23)32)22(12-31)19-5-3-17(26)9-20(19)27/h3-11,13,22,31H,12H2,1-2H3/t22-/m0/s1. The summed E-state index contributed by atoms with van der Waals surface area (Å²) in [6, 6.07) is 8.45. The number of ether oxygens (including phenoxy) is 1. The second-order valence-electron chi connectivity index (χ2n) is 7.57. The predicted molar refractivity (Wildman–Crippen MR) is 120 cm³/mol. The van der Waals surface area contributed by atoms with E-state index in [1.165, 1.54) is 18.3 Å². The van der Waals surface area contributed by atoms with Crippen molar-refractivity contribution in [2.45, 2.75) is 19.9 Å². The Labute approximate surface area is 193 Å². The lowest BCUT2D eigenvalue weighted by atomic mass is 10.1. The minimum absolute atomic E-state index is 0.0509. The Morgan fingerprint density at radius 2 is 1.91 bits per heavy atom. The first kappa shape index (κ1) is 22.7. The number of pyridine rings is 1. The van der Waals surface area contributed by atoms with Crippen LogP contribution in [0.4, 0.5) is 8.78 Å². The van der Waals surface area contributed by atoms with Crippen molar-refractivity contribution in [3.63, 3.8) is 0 Å². The van der Waals surface area contributed by atoms with Crippen molar-refractivity contribution < 1.29 is 18.6 Å². The minimum atomic E-state index is -1.12. The highest BCUT2D eigenvalue weighted by Gasteiger charge is 2.21. The van der Waals surface area contributed by atoms with Gasteiger partial charge in [0.1, 0.15) is 17.4 Å². The Balaban J connectivity index is 1.70. The largest absolute Gasteiger partial charge is 0.451 e. The number of aliphatic hydroxyl groups is 1. The quantitative estimate of drug-likeness (QED) is 0.431. The molecule has 0 spiro atoms. The van der Waals surface area contributed by atoms with Crippen molar-refractivity contribution in [1.82, 2.24) is 14.1 Å². The van der Waals surface area contributed by atoms with Gasteiger partial charge >= 0.3 is 0 Å². The van der Waals surface area contributed by atoms with Crippen LogP contribution in [0.25, 0.3) is 5.69 Å². The van der Waals surface area contributed by atoms with Crippen LogP contribution in [0.5, 0.6) is 11.5 Å². The number of imidazole rings is 1.